The SMILES string of the molecule is CC(CCCCC/C=C\C/C=C\CCCCCCCC(N)=O)c1ccccc1. The van der Waals surface area contributed by atoms with E-state index in [9.17, 15) is 4.79 Å². The van der Waals surface area contributed by atoms with Gasteiger partial charge in [-0.1, -0.05) is 93.7 Å². The van der Waals surface area contributed by atoms with E-state index in [1.165, 1.54) is 63.4 Å². The van der Waals surface area contributed by atoms with Crippen LogP contribution < -0.4 is 5.73 Å². The van der Waals surface area contributed by atoms with Crippen molar-refractivity contribution in [2.75, 3.05) is 0 Å². The first kappa shape index (κ1) is 24.2. The highest BCUT2D eigenvalue weighted by atomic mass is 16.1. The molecule has 28 heavy (non-hydrogen) atoms. The monoisotopic (exact) mass is 383 g/mol. The number of carbonyl (C=O) groups excluding carboxylic acids is 1. The number of amides is 1. The summed E-state index contributed by atoms with van der Waals surface area (Å²) in [6.07, 6.45) is 24.2. The number of unbranched alkanes of at least 4 members (excludes halogenated alkanes) is 8. The van der Waals surface area contributed by atoms with Crippen LogP contribution in [0.15, 0.2) is 54.6 Å². The molecule has 1 aromatic carbocycles. The Morgan fingerprint density at radius 1 is 0.821 bits per heavy atom. The minimum Gasteiger partial charge on any atom is -0.370 e. The van der Waals surface area contributed by atoms with Crippen molar-refractivity contribution in [2.45, 2.75) is 96.3 Å². The minimum absolute atomic E-state index is 0.173. The van der Waals surface area contributed by atoms with Gasteiger partial charge in [-0.05, 0) is 56.4 Å². The fourth-order valence-corrected chi connectivity index (χ4v) is 3.44. The van der Waals surface area contributed by atoms with Crippen molar-refractivity contribution < 1.29 is 4.79 Å². The van der Waals surface area contributed by atoms with Gasteiger partial charge in [0.2, 0.25) is 5.91 Å². The summed E-state index contributed by atoms with van der Waals surface area (Å²) in [6, 6.07) is 10.9. The van der Waals surface area contributed by atoms with Crippen LogP contribution in [0.4, 0.5) is 0 Å². The van der Waals surface area contributed by atoms with Gasteiger partial charge in [0.05, 0.1) is 0 Å². The van der Waals surface area contributed by atoms with Crippen molar-refractivity contribution in [3.63, 3.8) is 0 Å². The molecule has 0 bridgehead atoms. The fraction of sp³-hybridized carbons (Fsp3) is 0.577. The molecule has 156 valence electrons. The average molecular weight is 384 g/mol. The van der Waals surface area contributed by atoms with E-state index in [4.69, 9.17) is 5.73 Å². The van der Waals surface area contributed by atoms with Crippen LogP contribution in [-0.4, -0.2) is 5.91 Å². The van der Waals surface area contributed by atoms with Crippen LogP contribution in [0.3, 0.4) is 0 Å². The van der Waals surface area contributed by atoms with Crippen LogP contribution in [0.25, 0.3) is 0 Å². The highest BCUT2D eigenvalue weighted by Crippen LogP contribution is 2.21. The van der Waals surface area contributed by atoms with Gasteiger partial charge in [-0.3, -0.25) is 4.79 Å². The van der Waals surface area contributed by atoms with Crippen molar-refractivity contribution in [3.05, 3.63) is 60.2 Å². The third-order valence-electron chi connectivity index (χ3n) is 5.28. The number of hydrogen-bond acceptors (Lipinski definition) is 1. The highest BCUT2D eigenvalue weighted by Gasteiger charge is 2.03. The number of nitrogens with two attached hydrogens (primary N) is 1. The van der Waals surface area contributed by atoms with Gasteiger partial charge in [0.25, 0.3) is 0 Å². The van der Waals surface area contributed by atoms with Crippen LogP contribution in [0.5, 0.6) is 0 Å². The molecule has 0 aliphatic carbocycles. The van der Waals surface area contributed by atoms with Crippen molar-refractivity contribution >= 4 is 5.91 Å². The van der Waals surface area contributed by atoms with Crippen molar-refractivity contribution in [2.24, 2.45) is 5.73 Å². The lowest BCUT2D eigenvalue weighted by atomic mass is 9.95. The van der Waals surface area contributed by atoms with Gasteiger partial charge in [-0.15, -0.1) is 0 Å². The molecular formula is C26H41NO. The molecular weight excluding hydrogens is 342 g/mol. The second kappa shape index (κ2) is 17.3. The molecule has 2 N–H and O–H groups in total. The summed E-state index contributed by atoms with van der Waals surface area (Å²) >= 11 is 0. The summed E-state index contributed by atoms with van der Waals surface area (Å²) < 4.78 is 0. The van der Waals surface area contributed by atoms with Gasteiger partial charge in [-0.2, -0.15) is 0 Å². The summed E-state index contributed by atoms with van der Waals surface area (Å²) in [7, 11) is 0. The van der Waals surface area contributed by atoms with E-state index in [0.717, 1.165) is 19.3 Å². The molecule has 1 aromatic rings. The van der Waals surface area contributed by atoms with Gasteiger partial charge < -0.3 is 5.73 Å². The largest absolute Gasteiger partial charge is 0.370 e. The molecule has 2 heteroatoms. The first-order chi connectivity index (χ1) is 13.7. The Balaban J connectivity index is 1.86. The number of rotatable bonds is 17. The third kappa shape index (κ3) is 14.3. The zero-order chi connectivity index (χ0) is 20.3. The number of allylic oxidation sites excluding steroid dienone is 4. The molecule has 1 atom stereocenters. The maximum absolute atomic E-state index is 10.6. The fourth-order valence-electron chi connectivity index (χ4n) is 3.44. The van der Waals surface area contributed by atoms with Gasteiger partial charge >= 0.3 is 0 Å². The lowest BCUT2D eigenvalue weighted by molar-refractivity contribution is -0.118. The Morgan fingerprint density at radius 3 is 2.04 bits per heavy atom. The molecule has 0 spiro atoms. The zero-order valence-electron chi connectivity index (χ0n) is 18.0. The van der Waals surface area contributed by atoms with Crippen LogP contribution >= 0.6 is 0 Å². The minimum atomic E-state index is -0.173. The van der Waals surface area contributed by atoms with Gasteiger partial charge in [-0.25, -0.2) is 0 Å². The van der Waals surface area contributed by atoms with Crippen LogP contribution in [0.1, 0.15) is 102 Å². The highest BCUT2D eigenvalue weighted by molar-refractivity contribution is 5.73. The summed E-state index contributed by atoms with van der Waals surface area (Å²) in [5.74, 6) is 0.505. The lowest BCUT2D eigenvalue weighted by Gasteiger charge is -2.11. The molecule has 0 aliphatic rings. The van der Waals surface area contributed by atoms with Gasteiger partial charge in [0.15, 0.2) is 0 Å². The van der Waals surface area contributed by atoms with Gasteiger partial charge in [0.1, 0.15) is 0 Å². The molecule has 1 unspecified atom stereocenters. The first-order valence-electron chi connectivity index (χ1n) is 11.3. The predicted octanol–water partition coefficient (Wildman–Crippen LogP) is 7.46. The smallest absolute Gasteiger partial charge is 0.217 e. The Labute approximate surface area is 173 Å². The predicted molar refractivity (Wildman–Crippen MR) is 122 cm³/mol. The van der Waals surface area contributed by atoms with E-state index in [1.807, 2.05) is 0 Å². The molecule has 0 fully saturated rings. The van der Waals surface area contributed by atoms with Crippen LogP contribution in [0, 0.1) is 0 Å². The second-order valence-corrected chi connectivity index (χ2v) is 7.90. The molecule has 0 aliphatic heterocycles. The second-order valence-electron chi connectivity index (χ2n) is 7.90. The Morgan fingerprint density at radius 2 is 1.39 bits per heavy atom. The normalized spacial score (nSPS) is 12.8. The summed E-state index contributed by atoms with van der Waals surface area (Å²) in [4.78, 5) is 10.6. The number of hydrogen-bond donors (Lipinski definition) is 1. The van der Waals surface area contributed by atoms with E-state index >= 15 is 0 Å². The first-order valence-corrected chi connectivity index (χ1v) is 11.3. The van der Waals surface area contributed by atoms with Gasteiger partial charge in [0, 0.05) is 6.42 Å². The summed E-state index contributed by atoms with van der Waals surface area (Å²) in [5.41, 5.74) is 6.60. The molecule has 0 saturated carbocycles. The Kier molecular flexibility index (Phi) is 14.9. The van der Waals surface area contributed by atoms with E-state index in [2.05, 4.69) is 61.6 Å². The molecule has 1 amide bonds. The summed E-state index contributed by atoms with van der Waals surface area (Å²) in [5, 5.41) is 0. The van der Waals surface area contributed by atoms with E-state index < -0.39 is 0 Å². The van der Waals surface area contributed by atoms with Crippen molar-refractivity contribution in [1.82, 2.24) is 0 Å². The Hall–Kier alpha value is -1.83. The van der Waals surface area contributed by atoms with E-state index in [-0.39, 0.29) is 5.91 Å². The molecule has 2 nitrogen and oxygen atoms in total. The quantitative estimate of drug-likeness (QED) is 0.220. The van der Waals surface area contributed by atoms with E-state index in [0.29, 0.717) is 12.3 Å². The van der Waals surface area contributed by atoms with Crippen molar-refractivity contribution in [1.29, 1.82) is 0 Å². The topological polar surface area (TPSA) is 43.1 Å². The Bertz CT molecular complexity index is 547. The number of primary amides is 1. The average Bonchev–Trinajstić information content (AvgIpc) is 2.70. The number of carbonyl (C=O) groups is 1. The third-order valence-corrected chi connectivity index (χ3v) is 5.28. The standard InChI is InChI=1S/C26H41NO/c1-24(25-21-17-15-18-22-25)20-16-13-11-9-7-5-3-2-4-6-8-10-12-14-19-23-26(27)28/h2,4-5,7,15,17-18,21-22,24H,3,6,8-14,16,19-20,23H2,1H3,(H2,27,28)/b4-2-,7-5-. The molecule has 0 radical (unpaired) electrons. The maximum Gasteiger partial charge on any atom is 0.217 e. The summed E-state index contributed by atoms with van der Waals surface area (Å²) in [6.45, 7) is 2.34. The number of benzene rings is 1. The van der Waals surface area contributed by atoms with Crippen LogP contribution in [0.2, 0.25) is 0 Å². The molecule has 1 rings (SSSR count). The zero-order valence-corrected chi connectivity index (χ0v) is 18.0. The van der Waals surface area contributed by atoms with Crippen molar-refractivity contribution in [3.8, 4) is 0 Å². The van der Waals surface area contributed by atoms with E-state index in [1.54, 1.807) is 0 Å². The van der Waals surface area contributed by atoms with Crippen LogP contribution in [-0.2, 0) is 4.79 Å². The molecule has 0 heterocycles. The molecule has 0 aromatic heterocycles. The maximum atomic E-state index is 10.6. The molecule has 0 saturated heterocycles. The lowest BCUT2D eigenvalue weighted by Crippen LogP contribution is -2.09.